The van der Waals surface area contributed by atoms with Crippen LogP contribution in [0.3, 0.4) is 0 Å². The van der Waals surface area contributed by atoms with Gasteiger partial charge in [-0.05, 0) is 44.6 Å². The zero-order valence-corrected chi connectivity index (χ0v) is 13.4. The summed E-state index contributed by atoms with van der Waals surface area (Å²) in [5, 5.41) is 3.45. The Morgan fingerprint density at radius 2 is 1.90 bits per heavy atom. The zero-order chi connectivity index (χ0) is 14.5. The minimum Gasteiger partial charge on any atom is -0.309 e. The molecule has 2 rings (SSSR count). The lowest BCUT2D eigenvalue weighted by Gasteiger charge is -2.27. The van der Waals surface area contributed by atoms with E-state index in [1.54, 1.807) is 0 Å². The summed E-state index contributed by atoms with van der Waals surface area (Å²) in [7, 11) is 0. The first-order valence-corrected chi connectivity index (χ1v) is 8.16. The van der Waals surface area contributed by atoms with Crippen molar-refractivity contribution in [3.63, 3.8) is 0 Å². The van der Waals surface area contributed by atoms with Crippen LogP contribution >= 0.6 is 0 Å². The minimum atomic E-state index is 0.494. The van der Waals surface area contributed by atoms with Crippen LogP contribution in [0.2, 0.25) is 0 Å². The molecule has 0 unspecified atom stereocenters. The van der Waals surface area contributed by atoms with Crippen molar-refractivity contribution in [1.29, 1.82) is 0 Å². The van der Waals surface area contributed by atoms with E-state index in [9.17, 15) is 0 Å². The van der Waals surface area contributed by atoms with Crippen molar-refractivity contribution < 1.29 is 0 Å². The Morgan fingerprint density at radius 3 is 2.50 bits per heavy atom. The standard InChI is InChI=1S/C17H29N3/c1-5-14-6-8-15(9-7-14)17-19-13(4)10-16(20-17)11-18-12(2)3/h10,12,14-15,18H,5-9,11H2,1-4H3. The van der Waals surface area contributed by atoms with Gasteiger partial charge in [0.15, 0.2) is 0 Å². The number of hydrogen-bond acceptors (Lipinski definition) is 3. The fourth-order valence-corrected chi connectivity index (χ4v) is 3.07. The van der Waals surface area contributed by atoms with Crippen molar-refractivity contribution in [2.24, 2.45) is 5.92 Å². The Bertz CT molecular complexity index is 420. The second-order valence-electron chi connectivity index (χ2n) is 6.52. The van der Waals surface area contributed by atoms with Crippen molar-refractivity contribution in [1.82, 2.24) is 15.3 Å². The van der Waals surface area contributed by atoms with Crippen molar-refractivity contribution in [3.8, 4) is 0 Å². The smallest absolute Gasteiger partial charge is 0.131 e. The highest BCUT2D eigenvalue weighted by Gasteiger charge is 2.23. The molecule has 0 bridgehead atoms. The van der Waals surface area contributed by atoms with Crippen molar-refractivity contribution in [2.45, 2.75) is 78.3 Å². The first kappa shape index (κ1) is 15.4. The molecule has 0 amide bonds. The molecule has 0 atom stereocenters. The average molecular weight is 275 g/mol. The Morgan fingerprint density at radius 1 is 1.20 bits per heavy atom. The maximum absolute atomic E-state index is 4.81. The summed E-state index contributed by atoms with van der Waals surface area (Å²) in [5.41, 5.74) is 2.24. The molecule has 0 aliphatic heterocycles. The van der Waals surface area contributed by atoms with Gasteiger partial charge in [0.2, 0.25) is 0 Å². The summed E-state index contributed by atoms with van der Waals surface area (Å²) in [6.07, 6.45) is 6.54. The third kappa shape index (κ3) is 4.27. The molecule has 3 heteroatoms. The second-order valence-corrected chi connectivity index (χ2v) is 6.52. The monoisotopic (exact) mass is 275 g/mol. The van der Waals surface area contributed by atoms with Crippen LogP contribution < -0.4 is 5.32 Å². The highest BCUT2D eigenvalue weighted by molar-refractivity contribution is 5.13. The number of hydrogen-bond donors (Lipinski definition) is 1. The fourth-order valence-electron chi connectivity index (χ4n) is 3.07. The second kappa shape index (κ2) is 7.16. The van der Waals surface area contributed by atoms with Crippen molar-refractivity contribution in [3.05, 3.63) is 23.3 Å². The van der Waals surface area contributed by atoms with E-state index in [0.29, 0.717) is 12.0 Å². The summed E-state index contributed by atoms with van der Waals surface area (Å²) in [4.78, 5) is 9.50. The normalized spacial score (nSPS) is 23.2. The van der Waals surface area contributed by atoms with Gasteiger partial charge in [-0.1, -0.05) is 27.2 Å². The van der Waals surface area contributed by atoms with Crippen LogP contribution in [0, 0.1) is 12.8 Å². The van der Waals surface area contributed by atoms with E-state index in [0.717, 1.165) is 29.7 Å². The van der Waals surface area contributed by atoms with Gasteiger partial charge in [0.1, 0.15) is 5.82 Å². The third-order valence-electron chi connectivity index (χ3n) is 4.41. The number of aromatic nitrogens is 2. The van der Waals surface area contributed by atoms with Gasteiger partial charge in [-0.2, -0.15) is 0 Å². The topological polar surface area (TPSA) is 37.8 Å². The number of aryl methyl sites for hydroxylation is 1. The average Bonchev–Trinajstić information content (AvgIpc) is 2.44. The summed E-state index contributed by atoms with van der Waals surface area (Å²) in [6, 6.07) is 2.60. The summed E-state index contributed by atoms with van der Waals surface area (Å²) < 4.78 is 0. The molecule has 20 heavy (non-hydrogen) atoms. The summed E-state index contributed by atoms with van der Waals surface area (Å²) in [6.45, 7) is 9.58. The van der Waals surface area contributed by atoms with Gasteiger partial charge in [-0.25, -0.2) is 9.97 Å². The molecule has 0 saturated heterocycles. The van der Waals surface area contributed by atoms with E-state index in [2.05, 4.69) is 39.1 Å². The van der Waals surface area contributed by atoms with E-state index < -0.39 is 0 Å². The van der Waals surface area contributed by atoms with Crippen LogP contribution in [-0.4, -0.2) is 16.0 Å². The molecule has 1 saturated carbocycles. The molecular formula is C17H29N3. The Balaban J connectivity index is 2.04. The lowest BCUT2D eigenvalue weighted by atomic mass is 9.80. The maximum Gasteiger partial charge on any atom is 0.131 e. The fraction of sp³-hybridized carbons (Fsp3) is 0.765. The van der Waals surface area contributed by atoms with Gasteiger partial charge >= 0.3 is 0 Å². The molecule has 3 nitrogen and oxygen atoms in total. The quantitative estimate of drug-likeness (QED) is 0.883. The molecule has 1 heterocycles. The van der Waals surface area contributed by atoms with Gasteiger partial charge in [-0.3, -0.25) is 0 Å². The number of rotatable bonds is 5. The molecule has 1 fully saturated rings. The van der Waals surface area contributed by atoms with E-state index >= 15 is 0 Å². The molecule has 0 spiro atoms. The predicted octanol–water partition coefficient (Wildman–Crippen LogP) is 3.97. The SMILES string of the molecule is CCC1CCC(c2nc(C)cc(CNC(C)C)n2)CC1. The first-order chi connectivity index (χ1) is 9.58. The van der Waals surface area contributed by atoms with Crippen LogP contribution in [0.25, 0.3) is 0 Å². The van der Waals surface area contributed by atoms with Gasteiger partial charge in [0.05, 0.1) is 5.69 Å². The molecule has 1 aromatic heterocycles. The van der Waals surface area contributed by atoms with Gasteiger partial charge in [-0.15, -0.1) is 0 Å². The minimum absolute atomic E-state index is 0.494. The van der Waals surface area contributed by atoms with Crippen molar-refractivity contribution in [2.75, 3.05) is 0 Å². The molecule has 1 aliphatic rings. The van der Waals surface area contributed by atoms with Gasteiger partial charge < -0.3 is 5.32 Å². The molecular weight excluding hydrogens is 246 g/mol. The zero-order valence-electron chi connectivity index (χ0n) is 13.4. The van der Waals surface area contributed by atoms with Gasteiger partial charge in [0.25, 0.3) is 0 Å². The number of nitrogens with one attached hydrogen (secondary N) is 1. The molecule has 0 radical (unpaired) electrons. The Kier molecular flexibility index (Phi) is 5.53. The molecule has 0 aromatic carbocycles. The van der Waals surface area contributed by atoms with Gasteiger partial charge in [0, 0.05) is 24.2 Å². The van der Waals surface area contributed by atoms with Crippen LogP contribution in [0.15, 0.2) is 6.07 Å². The third-order valence-corrected chi connectivity index (χ3v) is 4.41. The lowest BCUT2D eigenvalue weighted by molar-refractivity contribution is 0.311. The lowest BCUT2D eigenvalue weighted by Crippen LogP contribution is -2.23. The van der Waals surface area contributed by atoms with Crippen LogP contribution in [0.1, 0.15) is 76.0 Å². The molecule has 112 valence electrons. The van der Waals surface area contributed by atoms with E-state index in [1.807, 2.05) is 0 Å². The number of nitrogens with zero attached hydrogens (tertiary/aromatic N) is 2. The molecule has 1 aliphatic carbocycles. The Hall–Kier alpha value is -0.960. The first-order valence-electron chi connectivity index (χ1n) is 8.16. The molecule has 1 aromatic rings. The van der Waals surface area contributed by atoms with Crippen LogP contribution in [-0.2, 0) is 6.54 Å². The van der Waals surface area contributed by atoms with E-state index in [-0.39, 0.29) is 0 Å². The highest BCUT2D eigenvalue weighted by Crippen LogP contribution is 2.35. The maximum atomic E-state index is 4.81. The van der Waals surface area contributed by atoms with Crippen LogP contribution in [0.5, 0.6) is 0 Å². The van der Waals surface area contributed by atoms with Crippen LogP contribution in [0.4, 0.5) is 0 Å². The Labute approximate surface area is 123 Å². The summed E-state index contributed by atoms with van der Waals surface area (Å²) >= 11 is 0. The van der Waals surface area contributed by atoms with E-state index in [1.165, 1.54) is 32.1 Å². The summed E-state index contributed by atoms with van der Waals surface area (Å²) in [5.74, 6) is 2.59. The largest absolute Gasteiger partial charge is 0.309 e. The highest BCUT2D eigenvalue weighted by atomic mass is 15.0. The van der Waals surface area contributed by atoms with Crippen molar-refractivity contribution >= 4 is 0 Å². The predicted molar refractivity (Wildman–Crippen MR) is 83.7 cm³/mol. The van der Waals surface area contributed by atoms with E-state index in [4.69, 9.17) is 9.97 Å². The molecule has 1 N–H and O–H groups in total.